The summed E-state index contributed by atoms with van der Waals surface area (Å²) < 4.78 is 34.7. The van der Waals surface area contributed by atoms with Crippen molar-refractivity contribution in [3.8, 4) is 17.2 Å². The monoisotopic (exact) mass is 369 g/mol. The molecule has 0 bridgehead atoms. The Bertz CT molecular complexity index is 849. The topological polar surface area (TPSA) is 135 Å². The minimum absolute atomic E-state index is 0.0880. The third-order valence-corrected chi connectivity index (χ3v) is 3.72. The number of carbonyl (C=O) groups is 1. The molecule has 2 aromatic rings. The van der Waals surface area contributed by atoms with Crippen molar-refractivity contribution in [2.24, 2.45) is 0 Å². The first-order valence-electron chi connectivity index (χ1n) is 7.26. The van der Waals surface area contributed by atoms with Crippen LogP contribution in [0.1, 0.15) is 5.89 Å². The summed E-state index contributed by atoms with van der Waals surface area (Å²) in [6, 6.07) is 4.52. The molecule has 136 valence electrons. The van der Waals surface area contributed by atoms with Crippen molar-refractivity contribution in [2.45, 2.75) is 6.92 Å². The van der Waals surface area contributed by atoms with Crippen molar-refractivity contribution in [3.05, 3.63) is 24.1 Å². The fourth-order valence-electron chi connectivity index (χ4n) is 1.93. The van der Waals surface area contributed by atoms with Gasteiger partial charge in [-0.3, -0.25) is 0 Å². The molecule has 0 unspecified atom stereocenters. The van der Waals surface area contributed by atoms with Crippen molar-refractivity contribution in [1.29, 1.82) is 0 Å². The molecule has 1 heterocycles. The van der Waals surface area contributed by atoms with Crippen LogP contribution in [0.5, 0.6) is 5.75 Å². The second-order valence-electron chi connectivity index (χ2n) is 5.09. The maximum Gasteiger partial charge on any atom is 0.319 e. The van der Waals surface area contributed by atoms with E-state index in [1.807, 2.05) is 0 Å². The minimum atomic E-state index is -3.29. The number of aryl methyl sites for hydroxylation is 1. The molecule has 0 atom stereocenters. The molecule has 10 nitrogen and oxygen atoms in total. The zero-order chi connectivity index (χ0) is 18.4. The summed E-state index contributed by atoms with van der Waals surface area (Å²) in [4.78, 5) is 12.0. The fourth-order valence-corrected chi connectivity index (χ4v) is 2.40. The van der Waals surface area contributed by atoms with Crippen LogP contribution in [0.3, 0.4) is 0 Å². The number of benzene rings is 1. The van der Waals surface area contributed by atoms with Crippen LogP contribution in [-0.2, 0) is 10.0 Å². The van der Waals surface area contributed by atoms with E-state index in [0.29, 0.717) is 28.8 Å². The zero-order valence-corrected chi connectivity index (χ0v) is 14.8. The van der Waals surface area contributed by atoms with E-state index in [2.05, 4.69) is 25.6 Å². The number of urea groups is 1. The summed E-state index contributed by atoms with van der Waals surface area (Å²) in [6.45, 7) is 1.89. The van der Waals surface area contributed by atoms with E-state index in [4.69, 9.17) is 9.15 Å². The SMILES string of the molecule is COc1ccc(-c2nnc(C)o2)cc1NC(=O)NCCNS(C)(=O)=O. The molecule has 25 heavy (non-hydrogen) atoms. The lowest BCUT2D eigenvalue weighted by Crippen LogP contribution is -2.36. The standard InChI is InChI=1S/C14H19N5O5S/c1-9-18-19-13(24-9)10-4-5-12(23-2)11(8-10)17-14(20)15-6-7-16-25(3,21)22/h4-5,8,16H,6-7H2,1-3H3,(H2,15,17,20). The van der Waals surface area contributed by atoms with E-state index < -0.39 is 16.1 Å². The Labute approximate surface area is 145 Å². The molecule has 0 aliphatic rings. The molecule has 0 aliphatic carbocycles. The van der Waals surface area contributed by atoms with Gasteiger partial charge in [-0.1, -0.05) is 0 Å². The van der Waals surface area contributed by atoms with E-state index in [9.17, 15) is 13.2 Å². The zero-order valence-electron chi connectivity index (χ0n) is 14.0. The second-order valence-corrected chi connectivity index (χ2v) is 6.92. The van der Waals surface area contributed by atoms with Crippen LogP contribution >= 0.6 is 0 Å². The Kier molecular flexibility index (Phi) is 5.93. The fraction of sp³-hybridized carbons (Fsp3) is 0.357. The lowest BCUT2D eigenvalue weighted by atomic mass is 10.2. The molecule has 2 amide bonds. The van der Waals surface area contributed by atoms with E-state index in [1.54, 1.807) is 25.1 Å². The predicted octanol–water partition coefficient (Wildman–Crippen LogP) is 0.724. The molecule has 1 aromatic carbocycles. The highest BCUT2D eigenvalue weighted by Gasteiger charge is 2.12. The van der Waals surface area contributed by atoms with Gasteiger partial charge >= 0.3 is 6.03 Å². The van der Waals surface area contributed by atoms with Gasteiger partial charge in [-0.25, -0.2) is 17.9 Å². The van der Waals surface area contributed by atoms with Crippen LogP contribution in [0.4, 0.5) is 10.5 Å². The van der Waals surface area contributed by atoms with Gasteiger partial charge in [0.25, 0.3) is 0 Å². The van der Waals surface area contributed by atoms with Gasteiger partial charge in [0.05, 0.1) is 19.1 Å². The van der Waals surface area contributed by atoms with Gasteiger partial charge in [0, 0.05) is 25.6 Å². The van der Waals surface area contributed by atoms with Gasteiger partial charge in [0.2, 0.25) is 21.8 Å². The summed E-state index contributed by atoms with van der Waals surface area (Å²) in [5.41, 5.74) is 1.03. The molecular weight excluding hydrogens is 350 g/mol. The molecule has 0 spiro atoms. The number of amides is 2. The Morgan fingerprint density at radius 3 is 2.64 bits per heavy atom. The molecular formula is C14H19N5O5S. The first-order valence-corrected chi connectivity index (χ1v) is 9.15. The summed E-state index contributed by atoms with van der Waals surface area (Å²) in [5, 5.41) is 12.9. The number of nitrogens with zero attached hydrogens (tertiary/aromatic N) is 2. The van der Waals surface area contributed by atoms with Gasteiger partial charge in [-0.2, -0.15) is 0 Å². The van der Waals surface area contributed by atoms with E-state index >= 15 is 0 Å². The first kappa shape index (κ1) is 18.7. The van der Waals surface area contributed by atoms with Gasteiger partial charge in [-0.15, -0.1) is 10.2 Å². The number of rotatable bonds is 7. The number of sulfonamides is 1. The molecule has 0 fully saturated rings. The highest BCUT2D eigenvalue weighted by atomic mass is 32.2. The molecule has 3 N–H and O–H groups in total. The molecule has 2 rings (SSSR count). The Balaban J connectivity index is 2.03. The second kappa shape index (κ2) is 7.94. The van der Waals surface area contributed by atoms with Gasteiger partial charge in [0.1, 0.15) is 5.75 Å². The lowest BCUT2D eigenvalue weighted by Gasteiger charge is -2.12. The third-order valence-electron chi connectivity index (χ3n) is 3.00. The van der Waals surface area contributed by atoms with Crippen LogP contribution in [0, 0.1) is 6.92 Å². The Morgan fingerprint density at radius 1 is 1.28 bits per heavy atom. The molecule has 0 saturated heterocycles. The summed E-state index contributed by atoms with van der Waals surface area (Å²) in [6.07, 6.45) is 1.04. The number of methoxy groups -OCH3 is 1. The van der Waals surface area contributed by atoms with Crippen LogP contribution in [0.2, 0.25) is 0 Å². The molecule has 1 aromatic heterocycles. The van der Waals surface area contributed by atoms with Gasteiger partial charge in [0.15, 0.2) is 0 Å². The quantitative estimate of drug-likeness (QED) is 0.612. The third kappa shape index (κ3) is 5.72. The Hall–Kier alpha value is -2.66. The summed E-state index contributed by atoms with van der Waals surface area (Å²) >= 11 is 0. The Morgan fingerprint density at radius 2 is 2.04 bits per heavy atom. The molecule has 0 aliphatic heterocycles. The van der Waals surface area contributed by atoms with Crippen LogP contribution < -0.4 is 20.1 Å². The number of ether oxygens (including phenoxy) is 1. The summed E-state index contributed by atoms with van der Waals surface area (Å²) in [7, 11) is -1.81. The van der Waals surface area contributed by atoms with Crippen LogP contribution in [0.15, 0.2) is 22.6 Å². The van der Waals surface area contributed by atoms with E-state index in [-0.39, 0.29) is 13.1 Å². The van der Waals surface area contributed by atoms with Crippen LogP contribution in [-0.4, -0.2) is 51.1 Å². The number of nitrogens with one attached hydrogen (secondary N) is 3. The van der Waals surface area contributed by atoms with Crippen molar-refractivity contribution < 1.29 is 22.4 Å². The van der Waals surface area contributed by atoms with Crippen molar-refractivity contribution in [2.75, 3.05) is 31.8 Å². The maximum atomic E-state index is 12.0. The lowest BCUT2D eigenvalue weighted by molar-refractivity contribution is 0.252. The average molecular weight is 369 g/mol. The predicted molar refractivity (Wildman–Crippen MR) is 90.9 cm³/mol. The number of hydrogen-bond acceptors (Lipinski definition) is 7. The average Bonchev–Trinajstić information content (AvgIpc) is 2.97. The number of anilines is 1. The number of aromatic nitrogens is 2. The van der Waals surface area contributed by atoms with E-state index in [1.165, 1.54) is 7.11 Å². The largest absolute Gasteiger partial charge is 0.495 e. The smallest absolute Gasteiger partial charge is 0.319 e. The minimum Gasteiger partial charge on any atom is -0.495 e. The van der Waals surface area contributed by atoms with Crippen molar-refractivity contribution >= 4 is 21.7 Å². The summed E-state index contributed by atoms with van der Waals surface area (Å²) in [5.74, 6) is 1.20. The van der Waals surface area contributed by atoms with Gasteiger partial charge < -0.3 is 19.8 Å². The highest BCUT2D eigenvalue weighted by molar-refractivity contribution is 7.88. The molecule has 0 radical (unpaired) electrons. The van der Waals surface area contributed by atoms with Crippen molar-refractivity contribution in [1.82, 2.24) is 20.2 Å². The number of hydrogen-bond donors (Lipinski definition) is 3. The molecule has 11 heteroatoms. The normalized spacial score (nSPS) is 11.2. The van der Waals surface area contributed by atoms with Crippen molar-refractivity contribution in [3.63, 3.8) is 0 Å². The first-order chi connectivity index (χ1) is 11.8. The molecule has 0 saturated carbocycles. The van der Waals surface area contributed by atoms with E-state index in [0.717, 1.165) is 6.26 Å². The maximum absolute atomic E-state index is 12.0. The number of carbonyl (C=O) groups excluding carboxylic acids is 1. The highest BCUT2D eigenvalue weighted by Crippen LogP contribution is 2.30. The van der Waals surface area contributed by atoms with Crippen LogP contribution in [0.25, 0.3) is 11.5 Å². The van der Waals surface area contributed by atoms with Gasteiger partial charge in [-0.05, 0) is 18.2 Å².